The molecule has 0 heterocycles. The zero-order valence-corrected chi connectivity index (χ0v) is 10.7. The van der Waals surface area contributed by atoms with Gasteiger partial charge in [0, 0.05) is 12.2 Å². The van der Waals surface area contributed by atoms with E-state index in [2.05, 4.69) is 10.6 Å². The van der Waals surface area contributed by atoms with Gasteiger partial charge in [0.25, 0.3) is 0 Å². The van der Waals surface area contributed by atoms with E-state index in [0.717, 1.165) is 0 Å². The molecule has 0 unspecified atom stereocenters. The quantitative estimate of drug-likeness (QED) is 0.802. The highest BCUT2D eigenvalue weighted by Crippen LogP contribution is 2.12. The first kappa shape index (κ1) is 14.0. The molecule has 2 aromatic rings. The number of rotatable bonds is 4. The summed E-state index contributed by atoms with van der Waals surface area (Å²) in [6.45, 7) is 0.0459. The number of benzene rings is 2. The zero-order chi connectivity index (χ0) is 14.4. The topological polar surface area (TPSA) is 61.4 Å². The second-order valence-electron chi connectivity index (χ2n) is 4.27. The second-order valence-corrected chi connectivity index (χ2v) is 4.27. The lowest BCUT2D eigenvalue weighted by Gasteiger charge is -2.13. The molecule has 0 spiro atoms. The fourth-order valence-electron chi connectivity index (χ4n) is 1.69. The van der Waals surface area contributed by atoms with Gasteiger partial charge in [-0.3, -0.25) is 0 Å². The lowest BCUT2D eigenvalue weighted by atomic mass is 10.1. The average molecular weight is 274 g/mol. The normalized spacial score (nSPS) is 11.7. The molecule has 0 aliphatic rings. The van der Waals surface area contributed by atoms with Crippen molar-refractivity contribution in [2.45, 2.75) is 6.10 Å². The van der Waals surface area contributed by atoms with Crippen LogP contribution in [0.1, 0.15) is 11.7 Å². The SMILES string of the molecule is O=C(NC[C@H](O)c1ccc(F)cc1)Nc1ccccc1. The molecule has 2 rings (SSSR count). The molecule has 0 fully saturated rings. The summed E-state index contributed by atoms with van der Waals surface area (Å²) in [5.41, 5.74) is 1.22. The van der Waals surface area contributed by atoms with Crippen LogP contribution in [0.5, 0.6) is 0 Å². The number of aliphatic hydroxyl groups is 1. The Labute approximate surface area is 116 Å². The van der Waals surface area contributed by atoms with Crippen LogP contribution in [0.3, 0.4) is 0 Å². The number of amides is 2. The number of carbonyl (C=O) groups excluding carboxylic acids is 1. The van der Waals surface area contributed by atoms with E-state index in [-0.39, 0.29) is 12.4 Å². The Balaban J connectivity index is 1.82. The number of aliphatic hydroxyl groups excluding tert-OH is 1. The minimum Gasteiger partial charge on any atom is -0.387 e. The van der Waals surface area contributed by atoms with Gasteiger partial charge in [0.05, 0.1) is 6.10 Å². The molecular weight excluding hydrogens is 259 g/mol. The fraction of sp³-hybridized carbons (Fsp3) is 0.133. The van der Waals surface area contributed by atoms with E-state index in [0.29, 0.717) is 11.3 Å². The second kappa shape index (κ2) is 6.68. The molecule has 0 aliphatic heterocycles. The molecule has 104 valence electrons. The summed E-state index contributed by atoms with van der Waals surface area (Å²) < 4.78 is 12.7. The van der Waals surface area contributed by atoms with E-state index >= 15 is 0 Å². The van der Waals surface area contributed by atoms with Crippen LogP contribution in [0, 0.1) is 5.82 Å². The minimum absolute atomic E-state index is 0.0459. The summed E-state index contributed by atoms with van der Waals surface area (Å²) in [6, 6.07) is 14.1. The summed E-state index contributed by atoms with van der Waals surface area (Å²) >= 11 is 0. The van der Waals surface area contributed by atoms with Crippen LogP contribution in [-0.2, 0) is 0 Å². The number of hydrogen-bond acceptors (Lipinski definition) is 2. The number of carbonyl (C=O) groups is 1. The van der Waals surface area contributed by atoms with Gasteiger partial charge in [-0.25, -0.2) is 9.18 Å². The van der Waals surface area contributed by atoms with Gasteiger partial charge in [-0.1, -0.05) is 30.3 Å². The van der Waals surface area contributed by atoms with Gasteiger partial charge in [0.2, 0.25) is 0 Å². The Hall–Kier alpha value is -2.40. The number of hydrogen-bond donors (Lipinski definition) is 3. The Morgan fingerprint density at radius 1 is 1.10 bits per heavy atom. The van der Waals surface area contributed by atoms with Crippen LogP contribution in [0.4, 0.5) is 14.9 Å². The number of nitrogens with one attached hydrogen (secondary N) is 2. The molecule has 1 atom stereocenters. The van der Waals surface area contributed by atoms with Crippen LogP contribution < -0.4 is 10.6 Å². The number of halogens is 1. The first-order valence-corrected chi connectivity index (χ1v) is 6.18. The van der Waals surface area contributed by atoms with Crippen LogP contribution in [0.2, 0.25) is 0 Å². The third kappa shape index (κ3) is 4.07. The highest BCUT2D eigenvalue weighted by Gasteiger charge is 2.09. The predicted octanol–water partition coefficient (Wildman–Crippen LogP) is 2.68. The molecule has 5 heteroatoms. The van der Waals surface area contributed by atoms with Gasteiger partial charge in [-0.2, -0.15) is 0 Å². The lowest BCUT2D eigenvalue weighted by Crippen LogP contribution is -2.32. The van der Waals surface area contributed by atoms with Gasteiger partial charge in [0.15, 0.2) is 0 Å². The molecule has 20 heavy (non-hydrogen) atoms. The highest BCUT2D eigenvalue weighted by molar-refractivity contribution is 5.89. The summed E-state index contributed by atoms with van der Waals surface area (Å²) in [7, 11) is 0. The van der Waals surface area contributed by atoms with Crippen molar-refractivity contribution >= 4 is 11.7 Å². The predicted molar refractivity (Wildman–Crippen MR) is 74.8 cm³/mol. The minimum atomic E-state index is -0.878. The molecule has 2 aromatic carbocycles. The monoisotopic (exact) mass is 274 g/mol. The third-order valence-electron chi connectivity index (χ3n) is 2.74. The van der Waals surface area contributed by atoms with Gasteiger partial charge in [0.1, 0.15) is 5.82 Å². The smallest absolute Gasteiger partial charge is 0.319 e. The zero-order valence-electron chi connectivity index (χ0n) is 10.7. The molecule has 3 N–H and O–H groups in total. The molecule has 0 bridgehead atoms. The van der Waals surface area contributed by atoms with Crippen molar-refractivity contribution in [2.75, 3.05) is 11.9 Å². The molecule has 0 saturated heterocycles. The highest BCUT2D eigenvalue weighted by atomic mass is 19.1. The lowest BCUT2D eigenvalue weighted by molar-refractivity contribution is 0.175. The number of urea groups is 1. The van der Waals surface area contributed by atoms with E-state index in [1.807, 2.05) is 18.2 Å². The van der Waals surface area contributed by atoms with E-state index in [1.54, 1.807) is 12.1 Å². The van der Waals surface area contributed by atoms with Crippen molar-refractivity contribution in [1.29, 1.82) is 0 Å². The Morgan fingerprint density at radius 2 is 1.75 bits per heavy atom. The average Bonchev–Trinajstić information content (AvgIpc) is 2.46. The Morgan fingerprint density at radius 3 is 2.40 bits per heavy atom. The fourth-order valence-corrected chi connectivity index (χ4v) is 1.69. The van der Waals surface area contributed by atoms with E-state index in [4.69, 9.17) is 0 Å². The van der Waals surface area contributed by atoms with E-state index in [9.17, 15) is 14.3 Å². The van der Waals surface area contributed by atoms with Crippen LogP contribution in [0.25, 0.3) is 0 Å². The number of para-hydroxylation sites is 1. The first-order chi connectivity index (χ1) is 9.65. The number of anilines is 1. The van der Waals surface area contributed by atoms with Crippen molar-refractivity contribution in [3.63, 3.8) is 0 Å². The Bertz CT molecular complexity index is 558. The molecule has 0 aliphatic carbocycles. The summed E-state index contributed by atoms with van der Waals surface area (Å²) in [5.74, 6) is -0.365. The third-order valence-corrected chi connectivity index (χ3v) is 2.74. The van der Waals surface area contributed by atoms with Crippen molar-refractivity contribution in [3.8, 4) is 0 Å². The van der Waals surface area contributed by atoms with Crippen molar-refractivity contribution in [1.82, 2.24) is 5.32 Å². The van der Waals surface area contributed by atoms with E-state index in [1.165, 1.54) is 24.3 Å². The standard InChI is InChI=1S/C15H15FN2O2/c16-12-8-6-11(7-9-12)14(19)10-17-15(20)18-13-4-2-1-3-5-13/h1-9,14,19H,10H2,(H2,17,18,20)/t14-/m0/s1. The first-order valence-electron chi connectivity index (χ1n) is 6.18. The molecule has 4 nitrogen and oxygen atoms in total. The van der Waals surface area contributed by atoms with Crippen molar-refractivity contribution < 1.29 is 14.3 Å². The van der Waals surface area contributed by atoms with Crippen molar-refractivity contribution in [3.05, 3.63) is 66.0 Å². The van der Waals surface area contributed by atoms with Gasteiger partial charge >= 0.3 is 6.03 Å². The molecule has 0 radical (unpaired) electrons. The maximum Gasteiger partial charge on any atom is 0.319 e. The van der Waals surface area contributed by atoms with Gasteiger partial charge in [-0.05, 0) is 29.8 Å². The van der Waals surface area contributed by atoms with Crippen LogP contribution >= 0.6 is 0 Å². The summed E-state index contributed by atoms with van der Waals surface area (Å²) in [4.78, 5) is 11.6. The van der Waals surface area contributed by atoms with Gasteiger partial charge in [-0.15, -0.1) is 0 Å². The molecule has 2 amide bonds. The van der Waals surface area contributed by atoms with Crippen LogP contribution in [-0.4, -0.2) is 17.7 Å². The largest absolute Gasteiger partial charge is 0.387 e. The molecule has 0 aromatic heterocycles. The maximum absolute atomic E-state index is 12.7. The van der Waals surface area contributed by atoms with Gasteiger partial charge < -0.3 is 15.7 Å². The van der Waals surface area contributed by atoms with E-state index < -0.39 is 12.1 Å². The maximum atomic E-state index is 12.7. The summed E-state index contributed by atoms with van der Waals surface area (Å²) in [5, 5.41) is 15.0. The Kier molecular flexibility index (Phi) is 4.68. The summed E-state index contributed by atoms with van der Waals surface area (Å²) in [6.07, 6.45) is -0.878. The van der Waals surface area contributed by atoms with Crippen LogP contribution in [0.15, 0.2) is 54.6 Å². The van der Waals surface area contributed by atoms with Crippen molar-refractivity contribution in [2.24, 2.45) is 0 Å². The molecular formula is C15H15FN2O2. The molecule has 0 saturated carbocycles.